The topological polar surface area (TPSA) is 34.1 Å². The van der Waals surface area contributed by atoms with Crippen molar-refractivity contribution >= 4 is 35.9 Å². The molecule has 6 rings (SSSR count). The lowest BCUT2D eigenvalue weighted by atomic mass is 9.88. The highest BCUT2D eigenvalue weighted by atomic mass is 16.1. The summed E-state index contributed by atoms with van der Waals surface area (Å²) in [5.41, 5.74) is 6.44. The van der Waals surface area contributed by atoms with E-state index in [1.807, 2.05) is 146 Å². The first-order chi connectivity index (χ1) is 18.7. The maximum atomic E-state index is 14.1. The number of fused-ring (bicyclic) bond motifs is 1. The molecule has 0 bridgehead atoms. The van der Waals surface area contributed by atoms with Crippen LogP contribution in [0.2, 0.25) is 0 Å². The summed E-state index contributed by atoms with van der Waals surface area (Å²) in [6.45, 7) is 0. The standard InChI is InChI=1S/C36H26O2/c37-35-29(21-25-13-5-1-6-14-25)33-30(22-26-15-7-2-8-16-26)36(38)32(24-28-19-11-4-12-20-28)34(33)31(35)23-27-17-9-3-10-18-27/h1-24,33-34H. The highest BCUT2D eigenvalue weighted by Gasteiger charge is 2.53. The van der Waals surface area contributed by atoms with Crippen molar-refractivity contribution in [3.63, 3.8) is 0 Å². The minimum atomic E-state index is -0.347. The molecule has 2 aliphatic rings. The predicted octanol–water partition coefficient (Wildman–Crippen LogP) is 7.72. The van der Waals surface area contributed by atoms with Crippen molar-refractivity contribution in [3.8, 4) is 0 Å². The second-order valence-corrected chi connectivity index (χ2v) is 9.66. The number of hydrogen-bond donors (Lipinski definition) is 0. The van der Waals surface area contributed by atoms with E-state index in [4.69, 9.17) is 0 Å². The van der Waals surface area contributed by atoms with Crippen LogP contribution in [0.3, 0.4) is 0 Å². The van der Waals surface area contributed by atoms with Gasteiger partial charge >= 0.3 is 0 Å². The van der Waals surface area contributed by atoms with Crippen LogP contribution in [0.25, 0.3) is 24.3 Å². The SMILES string of the molecule is O=C1C(=Cc2ccccc2)C2C(=Cc3ccccc3)C(=O)C(=Cc3ccccc3)C2C1=Cc1ccccc1. The first-order valence-electron chi connectivity index (χ1n) is 12.8. The van der Waals surface area contributed by atoms with Crippen LogP contribution in [-0.4, -0.2) is 11.6 Å². The van der Waals surface area contributed by atoms with E-state index in [0.29, 0.717) is 22.3 Å². The van der Waals surface area contributed by atoms with Crippen LogP contribution in [-0.2, 0) is 9.59 Å². The normalized spacial score (nSPS) is 23.1. The van der Waals surface area contributed by atoms with E-state index in [2.05, 4.69) is 0 Å². The van der Waals surface area contributed by atoms with Crippen LogP contribution in [0.15, 0.2) is 144 Å². The van der Waals surface area contributed by atoms with Crippen molar-refractivity contribution in [2.24, 2.45) is 11.8 Å². The zero-order valence-corrected chi connectivity index (χ0v) is 20.8. The first-order valence-corrected chi connectivity index (χ1v) is 12.8. The fourth-order valence-electron chi connectivity index (χ4n) is 5.49. The van der Waals surface area contributed by atoms with Crippen molar-refractivity contribution in [3.05, 3.63) is 166 Å². The summed E-state index contributed by atoms with van der Waals surface area (Å²) >= 11 is 0. The number of carbonyl (C=O) groups is 2. The van der Waals surface area contributed by atoms with Crippen molar-refractivity contribution < 1.29 is 9.59 Å². The Labute approximate surface area is 223 Å². The van der Waals surface area contributed by atoms with Crippen LogP contribution < -0.4 is 0 Å². The molecule has 0 spiro atoms. The lowest BCUT2D eigenvalue weighted by Crippen LogP contribution is -2.08. The number of benzene rings is 4. The molecule has 2 saturated carbocycles. The Morgan fingerprint density at radius 3 is 0.763 bits per heavy atom. The van der Waals surface area contributed by atoms with Gasteiger partial charge in [-0.15, -0.1) is 0 Å². The summed E-state index contributed by atoms with van der Waals surface area (Å²) in [5.74, 6) is -0.697. The van der Waals surface area contributed by atoms with Gasteiger partial charge in [0, 0.05) is 34.1 Å². The van der Waals surface area contributed by atoms with Gasteiger partial charge < -0.3 is 0 Å². The monoisotopic (exact) mass is 490 g/mol. The molecule has 0 aromatic heterocycles. The third-order valence-electron chi connectivity index (χ3n) is 7.21. The van der Waals surface area contributed by atoms with Crippen LogP contribution >= 0.6 is 0 Å². The third-order valence-corrected chi connectivity index (χ3v) is 7.21. The molecule has 0 atom stereocenters. The van der Waals surface area contributed by atoms with Gasteiger partial charge in [0.2, 0.25) is 0 Å². The van der Waals surface area contributed by atoms with Crippen molar-refractivity contribution in [2.75, 3.05) is 0 Å². The molecule has 0 heterocycles. The predicted molar refractivity (Wildman–Crippen MR) is 155 cm³/mol. The van der Waals surface area contributed by atoms with Gasteiger partial charge in [-0.2, -0.15) is 0 Å². The molecule has 4 aromatic rings. The van der Waals surface area contributed by atoms with Crippen molar-refractivity contribution in [1.82, 2.24) is 0 Å². The quantitative estimate of drug-likeness (QED) is 0.275. The average Bonchev–Trinajstić information content (AvgIpc) is 3.37. The Bertz CT molecular complexity index is 1360. The van der Waals surface area contributed by atoms with Crippen LogP contribution in [0.5, 0.6) is 0 Å². The second kappa shape index (κ2) is 10.3. The zero-order chi connectivity index (χ0) is 25.9. The van der Waals surface area contributed by atoms with Gasteiger partial charge in [0.1, 0.15) is 0 Å². The Morgan fingerprint density at radius 1 is 0.342 bits per heavy atom. The Kier molecular flexibility index (Phi) is 6.37. The average molecular weight is 491 g/mol. The summed E-state index contributed by atoms with van der Waals surface area (Å²) in [6.07, 6.45) is 7.85. The summed E-state index contributed by atoms with van der Waals surface area (Å²) in [6, 6.07) is 39.5. The Hall–Kier alpha value is -4.82. The smallest absolute Gasteiger partial charge is 0.186 e. The van der Waals surface area contributed by atoms with E-state index < -0.39 is 0 Å². The second-order valence-electron chi connectivity index (χ2n) is 9.66. The largest absolute Gasteiger partial charge is 0.289 e. The molecule has 0 saturated heterocycles. The number of rotatable bonds is 4. The Morgan fingerprint density at radius 2 is 0.553 bits per heavy atom. The number of carbonyl (C=O) groups excluding carboxylic acids is 2. The Balaban J connectivity index is 1.60. The van der Waals surface area contributed by atoms with E-state index in [0.717, 1.165) is 22.3 Å². The first kappa shape index (κ1) is 23.6. The van der Waals surface area contributed by atoms with Crippen LogP contribution in [0, 0.1) is 11.8 Å². The molecule has 38 heavy (non-hydrogen) atoms. The molecule has 4 aromatic carbocycles. The molecular weight excluding hydrogens is 464 g/mol. The number of hydrogen-bond acceptors (Lipinski definition) is 2. The summed E-state index contributed by atoms with van der Waals surface area (Å²) in [7, 11) is 0. The number of ketones is 2. The molecule has 0 amide bonds. The highest BCUT2D eigenvalue weighted by Crippen LogP contribution is 2.54. The lowest BCUT2D eigenvalue weighted by Gasteiger charge is -2.12. The molecule has 2 nitrogen and oxygen atoms in total. The summed E-state index contributed by atoms with van der Waals surface area (Å²) in [4.78, 5) is 28.3. The van der Waals surface area contributed by atoms with Gasteiger partial charge in [0.15, 0.2) is 11.6 Å². The highest BCUT2D eigenvalue weighted by molar-refractivity contribution is 6.27. The van der Waals surface area contributed by atoms with Crippen LogP contribution in [0.4, 0.5) is 0 Å². The third kappa shape index (κ3) is 4.53. The molecule has 0 radical (unpaired) electrons. The summed E-state index contributed by atoms with van der Waals surface area (Å²) in [5, 5.41) is 0. The van der Waals surface area contributed by atoms with Gasteiger partial charge in [-0.25, -0.2) is 0 Å². The maximum absolute atomic E-state index is 14.1. The fraction of sp³-hybridized carbons (Fsp3) is 0.0556. The minimum Gasteiger partial charge on any atom is -0.289 e. The van der Waals surface area contributed by atoms with Gasteiger partial charge in [-0.1, -0.05) is 121 Å². The molecule has 2 aliphatic carbocycles. The van der Waals surface area contributed by atoms with Gasteiger partial charge in [-0.05, 0) is 46.6 Å². The van der Waals surface area contributed by atoms with E-state index >= 15 is 0 Å². The van der Waals surface area contributed by atoms with Gasteiger partial charge in [0.05, 0.1) is 0 Å². The van der Waals surface area contributed by atoms with Crippen LogP contribution in [0.1, 0.15) is 22.3 Å². The van der Waals surface area contributed by atoms with Gasteiger partial charge in [-0.3, -0.25) is 9.59 Å². The number of allylic oxidation sites excluding steroid dienone is 4. The maximum Gasteiger partial charge on any atom is 0.186 e. The van der Waals surface area contributed by atoms with Crippen molar-refractivity contribution in [2.45, 2.75) is 0 Å². The van der Waals surface area contributed by atoms with E-state index in [1.54, 1.807) is 0 Å². The molecule has 2 fully saturated rings. The molecule has 0 unspecified atom stereocenters. The molecule has 182 valence electrons. The summed E-state index contributed by atoms with van der Waals surface area (Å²) < 4.78 is 0. The van der Waals surface area contributed by atoms with E-state index in [-0.39, 0.29) is 23.4 Å². The zero-order valence-electron chi connectivity index (χ0n) is 20.8. The van der Waals surface area contributed by atoms with E-state index in [9.17, 15) is 9.59 Å². The lowest BCUT2D eigenvalue weighted by molar-refractivity contribution is -0.112. The fourth-order valence-corrected chi connectivity index (χ4v) is 5.49. The molecule has 0 aliphatic heterocycles. The van der Waals surface area contributed by atoms with E-state index in [1.165, 1.54) is 0 Å². The molecule has 2 heteroatoms. The van der Waals surface area contributed by atoms with Gasteiger partial charge in [0.25, 0.3) is 0 Å². The molecule has 0 N–H and O–H groups in total. The minimum absolute atomic E-state index is 0.00173. The van der Waals surface area contributed by atoms with Crippen molar-refractivity contribution in [1.29, 1.82) is 0 Å². The molecular formula is C36H26O2. The number of Topliss-reactive ketones (excluding diaryl/α,β-unsaturated/α-hetero) is 2.